The SMILES string of the molecule is CC(C)(C)c1ccc(-c2cc(-c3ccc4c(c3)-c3cc(-c5cc(-c6ccc(C(C)(C)C)cc6)nc(-c6ccccc6)c5C(F)(F)F)ccc3C4(c3ccccc3)c3ccccc3)c(C(F)(F)F)c(-c3ccccc3)n2)cc1. The number of benzene rings is 8. The van der Waals surface area contributed by atoms with Gasteiger partial charge >= 0.3 is 12.4 Å². The first-order chi connectivity index (χ1) is 36.7. The van der Waals surface area contributed by atoms with Crippen LogP contribution in [0.5, 0.6) is 0 Å². The summed E-state index contributed by atoms with van der Waals surface area (Å²) >= 11 is 0. The van der Waals surface area contributed by atoms with Crippen LogP contribution in [0.3, 0.4) is 0 Å². The van der Waals surface area contributed by atoms with Crippen molar-refractivity contribution in [2.75, 3.05) is 0 Å². The Kier molecular flexibility index (Phi) is 12.5. The summed E-state index contributed by atoms with van der Waals surface area (Å²) in [7, 11) is 0. The maximum atomic E-state index is 16.1. The van der Waals surface area contributed by atoms with Crippen molar-refractivity contribution >= 4 is 0 Å². The molecular formula is C69H54F6N2. The Morgan fingerprint density at radius 3 is 0.935 bits per heavy atom. The third-order valence-electron chi connectivity index (χ3n) is 15.0. The van der Waals surface area contributed by atoms with Crippen LogP contribution in [0.15, 0.2) is 218 Å². The van der Waals surface area contributed by atoms with Crippen LogP contribution < -0.4 is 0 Å². The minimum atomic E-state index is -4.86. The van der Waals surface area contributed by atoms with Gasteiger partial charge in [-0.2, -0.15) is 26.3 Å². The lowest BCUT2D eigenvalue weighted by molar-refractivity contribution is -0.137. The molecule has 0 atom stereocenters. The Bertz CT molecular complexity index is 3540. The molecule has 0 aliphatic heterocycles. The van der Waals surface area contributed by atoms with Crippen molar-refractivity contribution in [3.63, 3.8) is 0 Å². The predicted octanol–water partition coefficient (Wildman–Crippen LogP) is 19.5. The second kappa shape index (κ2) is 19.0. The van der Waals surface area contributed by atoms with Gasteiger partial charge in [-0.05, 0) is 102 Å². The largest absolute Gasteiger partial charge is 0.419 e. The second-order valence-electron chi connectivity index (χ2n) is 21.9. The van der Waals surface area contributed by atoms with Crippen LogP contribution in [0.2, 0.25) is 0 Å². The fraction of sp³-hybridized carbons (Fsp3) is 0.159. The monoisotopic (exact) mass is 1020 g/mol. The zero-order chi connectivity index (χ0) is 54.1. The molecule has 1 aliphatic carbocycles. The van der Waals surface area contributed by atoms with Crippen LogP contribution in [0, 0.1) is 0 Å². The number of hydrogen-bond acceptors (Lipinski definition) is 2. The Morgan fingerprint density at radius 2 is 0.623 bits per heavy atom. The Morgan fingerprint density at radius 1 is 0.312 bits per heavy atom. The molecule has 8 heteroatoms. The zero-order valence-corrected chi connectivity index (χ0v) is 43.4. The minimum Gasteiger partial charge on any atom is -0.247 e. The molecule has 1 aliphatic rings. The fourth-order valence-electron chi connectivity index (χ4n) is 11.1. The second-order valence-corrected chi connectivity index (χ2v) is 21.9. The highest BCUT2D eigenvalue weighted by Gasteiger charge is 2.47. The quantitative estimate of drug-likeness (QED) is 0.142. The van der Waals surface area contributed by atoms with Crippen LogP contribution in [0.1, 0.15) is 86.1 Å². The van der Waals surface area contributed by atoms with E-state index in [9.17, 15) is 0 Å². The van der Waals surface area contributed by atoms with Crippen LogP contribution in [0.25, 0.3) is 78.4 Å². The van der Waals surface area contributed by atoms with Crippen molar-refractivity contribution < 1.29 is 26.3 Å². The summed E-state index contributed by atoms with van der Waals surface area (Å²) < 4.78 is 96.6. The third kappa shape index (κ3) is 9.24. The highest BCUT2D eigenvalue weighted by molar-refractivity contribution is 5.94. The van der Waals surface area contributed by atoms with Crippen LogP contribution in [-0.4, -0.2) is 9.97 Å². The fourth-order valence-corrected chi connectivity index (χ4v) is 11.1. The van der Waals surface area contributed by atoms with Crippen LogP contribution >= 0.6 is 0 Å². The van der Waals surface area contributed by atoms with Gasteiger partial charge < -0.3 is 0 Å². The first kappa shape index (κ1) is 50.8. The molecule has 0 bridgehead atoms. The summed E-state index contributed by atoms with van der Waals surface area (Å²) in [5.41, 5.74) is 5.96. The maximum Gasteiger partial charge on any atom is 0.419 e. The molecule has 0 N–H and O–H groups in total. The molecule has 0 spiro atoms. The summed E-state index contributed by atoms with van der Waals surface area (Å²) in [6.45, 7) is 12.6. The van der Waals surface area contributed by atoms with Gasteiger partial charge in [-0.25, -0.2) is 9.97 Å². The zero-order valence-electron chi connectivity index (χ0n) is 43.4. The van der Waals surface area contributed by atoms with E-state index in [0.29, 0.717) is 44.8 Å². The standard InChI is InChI=1S/C69H54F6N2/c1-65(2,3)49-33-27-43(28-34-49)59-41-53(61(68(70,71)72)63(76-59)45-19-11-7-12-20-45)47-31-37-57-55(39-47)56-40-48(32-38-58(56)67(57,51-23-15-9-16-24-51)52-25-17-10-18-26-52)54-42-60(44-29-35-50(36-30-44)66(4,5)6)77-64(62(54)69(73,74)75)46-21-13-8-14-22-46/h7-42H,1-6H3. The predicted molar refractivity (Wildman–Crippen MR) is 299 cm³/mol. The van der Waals surface area contributed by atoms with Crippen molar-refractivity contribution in [2.45, 2.75) is 70.1 Å². The van der Waals surface area contributed by atoms with E-state index in [4.69, 9.17) is 9.97 Å². The number of rotatable bonds is 8. The number of pyridine rings is 2. The summed E-state index contributed by atoms with van der Waals surface area (Å²) in [5.74, 6) is 0. The first-order valence-corrected chi connectivity index (χ1v) is 25.7. The molecule has 77 heavy (non-hydrogen) atoms. The molecule has 0 saturated carbocycles. The average molecular weight is 1030 g/mol. The first-order valence-electron chi connectivity index (χ1n) is 25.7. The number of halogens is 6. The molecule has 0 fully saturated rings. The Hall–Kier alpha value is -8.36. The smallest absolute Gasteiger partial charge is 0.247 e. The van der Waals surface area contributed by atoms with E-state index < -0.39 is 28.9 Å². The highest BCUT2D eigenvalue weighted by atomic mass is 19.4. The van der Waals surface area contributed by atoms with E-state index in [1.165, 1.54) is 12.1 Å². The van der Waals surface area contributed by atoms with E-state index in [-0.39, 0.29) is 44.5 Å². The molecule has 382 valence electrons. The number of aromatic nitrogens is 2. The van der Waals surface area contributed by atoms with E-state index in [2.05, 4.69) is 41.5 Å². The average Bonchev–Trinajstić information content (AvgIpc) is 4.02. The molecule has 0 saturated heterocycles. The van der Waals surface area contributed by atoms with Gasteiger partial charge in [0, 0.05) is 22.3 Å². The molecule has 10 aromatic rings. The molecule has 8 aromatic carbocycles. The maximum absolute atomic E-state index is 16.1. The van der Waals surface area contributed by atoms with Crippen molar-refractivity contribution in [3.05, 3.63) is 263 Å². The summed E-state index contributed by atoms with van der Waals surface area (Å²) in [5, 5.41) is 0. The van der Waals surface area contributed by atoms with Crippen molar-refractivity contribution in [1.29, 1.82) is 0 Å². The van der Waals surface area contributed by atoms with Crippen LogP contribution in [-0.2, 0) is 28.6 Å². The van der Waals surface area contributed by atoms with Gasteiger partial charge in [0.25, 0.3) is 0 Å². The normalized spacial score (nSPS) is 13.3. The third-order valence-corrected chi connectivity index (χ3v) is 15.0. The Labute approximate surface area is 445 Å². The Balaban J connectivity index is 1.21. The number of nitrogens with zero attached hydrogens (tertiary/aromatic N) is 2. The van der Waals surface area contributed by atoms with Gasteiger partial charge in [-0.3, -0.25) is 0 Å². The van der Waals surface area contributed by atoms with E-state index in [1.807, 2.05) is 121 Å². The van der Waals surface area contributed by atoms with Gasteiger partial charge in [-0.15, -0.1) is 0 Å². The molecule has 2 aromatic heterocycles. The van der Waals surface area contributed by atoms with Gasteiger partial charge in [0.15, 0.2) is 0 Å². The minimum absolute atomic E-state index is 0.0817. The lowest BCUT2D eigenvalue weighted by atomic mass is 9.67. The number of alkyl halides is 6. The number of hydrogen-bond donors (Lipinski definition) is 0. The summed E-state index contributed by atoms with van der Waals surface area (Å²) in [6, 6.07) is 65.9. The highest BCUT2D eigenvalue weighted by Crippen LogP contribution is 2.58. The topological polar surface area (TPSA) is 25.8 Å². The summed E-state index contributed by atoms with van der Waals surface area (Å²) in [4.78, 5) is 9.59. The molecule has 0 unspecified atom stereocenters. The van der Waals surface area contributed by atoms with Crippen molar-refractivity contribution in [2.24, 2.45) is 0 Å². The summed E-state index contributed by atoms with van der Waals surface area (Å²) in [6.07, 6.45) is -9.72. The van der Waals surface area contributed by atoms with E-state index >= 15 is 26.3 Å². The number of fused-ring (bicyclic) bond motifs is 3. The van der Waals surface area contributed by atoms with Gasteiger partial charge in [0.05, 0.1) is 39.3 Å². The lowest BCUT2D eigenvalue weighted by Gasteiger charge is -2.34. The molecule has 0 radical (unpaired) electrons. The molecular weight excluding hydrogens is 971 g/mol. The van der Waals surface area contributed by atoms with E-state index in [0.717, 1.165) is 33.4 Å². The molecule has 2 heterocycles. The molecule has 11 rings (SSSR count). The lowest BCUT2D eigenvalue weighted by Crippen LogP contribution is -2.28. The van der Waals surface area contributed by atoms with Gasteiger partial charge in [0.2, 0.25) is 0 Å². The van der Waals surface area contributed by atoms with Crippen molar-refractivity contribution in [3.8, 4) is 78.4 Å². The molecule has 2 nitrogen and oxygen atoms in total. The van der Waals surface area contributed by atoms with Crippen LogP contribution in [0.4, 0.5) is 26.3 Å². The van der Waals surface area contributed by atoms with Gasteiger partial charge in [-0.1, -0.05) is 236 Å². The van der Waals surface area contributed by atoms with Gasteiger partial charge in [0.1, 0.15) is 0 Å². The molecule has 0 amide bonds. The van der Waals surface area contributed by atoms with E-state index in [1.54, 1.807) is 84.9 Å². The van der Waals surface area contributed by atoms with Crippen molar-refractivity contribution in [1.82, 2.24) is 9.97 Å².